The first kappa shape index (κ1) is 9.21. The largest absolute Gasteiger partial charge is 0.359 e. The van der Waals surface area contributed by atoms with Crippen LogP contribution >= 0.6 is 0 Å². The van der Waals surface area contributed by atoms with Crippen LogP contribution in [0.3, 0.4) is 0 Å². The SMILES string of the molecule is Cc1cc(C)n(-c2c[nH]c3ccccc23)n1. The average Bonchev–Trinajstić information content (AvgIpc) is 2.81. The Morgan fingerprint density at radius 3 is 2.75 bits per heavy atom. The van der Waals surface area contributed by atoms with Crippen molar-refractivity contribution in [1.82, 2.24) is 14.8 Å². The monoisotopic (exact) mass is 211 g/mol. The molecule has 0 spiro atoms. The summed E-state index contributed by atoms with van der Waals surface area (Å²) >= 11 is 0. The Labute approximate surface area is 93.7 Å². The number of rotatable bonds is 1. The summed E-state index contributed by atoms with van der Waals surface area (Å²) in [7, 11) is 0. The third-order valence-electron chi connectivity index (χ3n) is 2.81. The van der Waals surface area contributed by atoms with Crippen molar-refractivity contribution in [3.63, 3.8) is 0 Å². The van der Waals surface area contributed by atoms with Crippen molar-refractivity contribution in [2.24, 2.45) is 0 Å². The van der Waals surface area contributed by atoms with Gasteiger partial charge in [0.2, 0.25) is 0 Å². The van der Waals surface area contributed by atoms with Crippen LogP contribution in [0.15, 0.2) is 36.5 Å². The molecule has 0 aliphatic heterocycles. The summed E-state index contributed by atoms with van der Waals surface area (Å²) in [6.07, 6.45) is 2.00. The number of H-pyrrole nitrogens is 1. The standard InChI is InChI=1S/C13H13N3/c1-9-7-10(2)16(15-9)13-8-14-12-6-4-3-5-11(12)13/h3-8,14H,1-2H3. The maximum Gasteiger partial charge on any atom is 0.0901 e. The van der Waals surface area contributed by atoms with Gasteiger partial charge in [-0.3, -0.25) is 0 Å². The van der Waals surface area contributed by atoms with Gasteiger partial charge in [0, 0.05) is 22.8 Å². The van der Waals surface area contributed by atoms with E-state index < -0.39 is 0 Å². The lowest BCUT2D eigenvalue weighted by Crippen LogP contribution is -1.97. The molecular weight excluding hydrogens is 198 g/mol. The molecule has 0 unspecified atom stereocenters. The summed E-state index contributed by atoms with van der Waals surface area (Å²) in [6, 6.07) is 10.3. The molecule has 1 N–H and O–H groups in total. The summed E-state index contributed by atoms with van der Waals surface area (Å²) in [4.78, 5) is 3.26. The Kier molecular flexibility index (Phi) is 1.86. The molecule has 2 aromatic heterocycles. The van der Waals surface area contributed by atoms with E-state index in [1.165, 1.54) is 5.39 Å². The number of para-hydroxylation sites is 1. The fraction of sp³-hybridized carbons (Fsp3) is 0.154. The maximum absolute atomic E-state index is 4.50. The predicted octanol–water partition coefficient (Wildman–Crippen LogP) is 2.97. The second-order valence-corrected chi connectivity index (χ2v) is 4.06. The molecule has 3 heteroatoms. The van der Waals surface area contributed by atoms with Crippen LogP contribution in [-0.2, 0) is 0 Å². The maximum atomic E-state index is 4.50. The fourth-order valence-corrected chi connectivity index (χ4v) is 2.10. The van der Waals surface area contributed by atoms with E-state index in [0.717, 1.165) is 22.6 Å². The molecule has 3 nitrogen and oxygen atoms in total. The van der Waals surface area contributed by atoms with Crippen LogP contribution in [0.1, 0.15) is 11.4 Å². The van der Waals surface area contributed by atoms with Gasteiger partial charge in [0.15, 0.2) is 0 Å². The van der Waals surface area contributed by atoms with Gasteiger partial charge in [-0.25, -0.2) is 4.68 Å². The zero-order chi connectivity index (χ0) is 11.1. The van der Waals surface area contributed by atoms with E-state index in [-0.39, 0.29) is 0 Å². The summed E-state index contributed by atoms with van der Waals surface area (Å²) < 4.78 is 1.98. The van der Waals surface area contributed by atoms with Gasteiger partial charge in [-0.05, 0) is 26.0 Å². The summed E-state index contributed by atoms with van der Waals surface area (Å²) in [5.41, 5.74) is 4.45. The van der Waals surface area contributed by atoms with Crippen LogP contribution < -0.4 is 0 Å². The molecule has 0 amide bonds. The van der Waals surface area contributed by atoms with E-state index in [9.17, 15) is 0 Å². The minimum Gasteiger partial charge on any atom is -0.359 e. The first-order valence-electron chi connectivity index (χ1n) is 5.35. The Morgan fingerprint density at radius 2 is 2.00 bits per heavy atom. The van der Waals surface area contributed by atoms with E-state index >= 15 is 0 Å². The molecule has 3 aromatic rings. The lowest BCUT2D eigenvalue weighted by molar-refractivity contribution is 0.839. The van der Waals surface area contributed by atoms with Gasteiger partial charge in [-0.2, -0.15) is 5.10 Å². The molecule has 0 atom stereocenters. The van der Waals surface area contributed by atoms with E-state index in [0.29, 0.717) is 0 Å². The van der Waals surface area contributed by atoms with Crippen molar-refractivity contribution in [3.05, 3.63) is 47.9 Å². The number of aryl methyl sites for hydroxylation is 2. The fourth-order valence-electron chi connectivity index (χ4n) is 2.10. The molecule has 0 aliphatic rings. The van der Waals surface area contributed by atoms with Crippen LogP contribution in [0.5, 0.6) is 0 Å². The highest BCUT2D eigenvalue weighted by Gasteiger charge is 2.08. The molecule has 80 valence electrons. The molecule has 0 bridgehead atoms. The van der Waals surface area contributed by atoms with Crippen molar-refractivity contribution >= 4 is 10.9 Å². The molecule has 0 saturated heterocycles. The first-order chi connectivity index (χ1) is 7.75. The molecule has 0 radical (unpaired) electrons. The average molecular weight is 211 g/mol. The summed E-state index contributed by atoms with van der Waals surface area (Å²) in [5.74, 6) is 0. The zero-order valence-electron chi connectivity index (χ0n) is 9.36. The molecule has 0 aliphatic carbocycles. The van der Waals surface area contributed by atoms with Crippen molar-refractivity contribution in [2.45, 2.75) is 13.8 Å². The predicted molar refractivity (Wildman–Crippen MR) is 64.9 cm³/mol. The van der Waals surface area contributed by atoms with Crippen molar-refractivity contribution in [2.75, 3.05) is 0 Å². The van der Waals surface area contributed by atoms with Gasteiger partial charge >= 0.3 is 0 Å². The Hall–Kier alpha value is -2.03. The number of aromatic nitrogens is 3. The number of hydrogen-bond donors (Lipinski definition) is 1. The van der Waals surface area contributed by atoms with Gasteiger partial charge in [-0.15, -0.1) is 0 Å². The lowest BCUT2D eigenvalue weighted by Gasteiger charge is -2.01. The van der Waals surface area contributed by atoms with Crippen LogP contribution in [0.25, 0.3) is 16.6 Å². The summed E-state index contributed by atoms with van der Waals surface area (Å²) in [5, 5.41) is 5.70. The van der Waals surface area contributed by atoms with Crippen molar-refractivity contribution < 1.29 is 0 Å². The van der Waals surface area contributed by atoms with Crippen LogP contribution in [0, 0.1) is 13.8 Å². The summed E-state index contributed by atoms with van der Waals surface area (Å²) in [6.45, 7) is 4.08. The highest BCUT2D eigenvalue weighted by molar-refractivity contribution is 5.88. The van der Waals surface area contributed by atoms with E-state index in [4.69, 9.17) is 0 Å². The molecular formula is C13H13N3. The van der Waals surface area contributed by atoms with E-state index in [1.807, 2.05) is 29.9 Å². The number of benzene rings is 1. The molecule has 2 heterocycles. The van der Waals surface area contributed by atoms with Crippen LogP contribution in [0.4, 0.5) is 0 Å². The minimum atomic E-state index is 1.04. The van der Waals surface area contributed by atoms with Gasteiger partial charge < -0.3 is 4.98 Å². The van der Waals surface area contributed by atoms with E-state index in [2.05, 4.69) is 35.2 Å². The Morgan fingerprint density at radius 1 is 1.19 bits per heavy atom. The van der Waals surface area contributed by atoms with Crippen LogP contribution in [0.2, 0.25) is 0 Å². The highest BCUT2D eigenvalue weighted by atomic mass is 15.3. The lowest BCUT2D eigenvalue weighted by atomic mass is 10.2. The van der Waals surface area contributed by atoms with Crippen molar-refractivity contribution in [1.29, 1.82) is 0 Å². The molecule has 3 rings (SSSR count). The molecule has 0 saturated carbocycles. The molecule has 0 fully saturated rings. The van der Waals surface area contributed by atoms with Crippen LogP contribution in [-0.4, -0.2) is 14.8 Å². The topological polar surface area (TPSA) is 33.6 Å². The number of hydrogen-bond acceptors (Lipinski definition) is 1. The number of nitrogens with zero attached hydrogens (tertiary/aromatic N) is 2. The Balaban J connectivity index is 2.30. The van der Waals surface area contributed by atoms with Crippen molar-refractivity contribution in [3.8, 4) is 5.69 Å². The molecule has 16 heavy (non-hydrogen) atoms. The van der Waals surface area contributed by atoms with Gasteiger partial charge in [0.1, 0.15) is 0 Å². The normalized spacial score (nSPS) is 11.1. The smallest absolute Gasteiger partial charge is 0.0901 e. The molecule has 1 aromatic carbocycles. The number of aromatic amines is 1. The zero-order valence-corrected chi connectivity index (χ0v) is 9.36. The van der Waals surface area contributed by atoms with Gasteiger partial charge in [0.05, 0.1) is 11.4 Å². The van der Waals surface area contributed by atoms with Gasteiger partial charge in [-0.1, -0.05) is 18.2 Å². The van der Waals surface area contributed by atoms with Gasteiger partial charge in [0.25, 0.3) is 0 Å². The first-order valence-corrected chi connectivity index (χ1v) is 5.35. The Bertz CT molecular complexity index is 646. The third kappa shape index (κ3) is 1.25. The number of fused-ring (bicyclic) bond motifs is 1. The second kappa shape index (κ2) is 3.23. The number of nitrogens with one attached hydrogen (secondary N) is 1. The quantitative estimate of drug-likeness (QED) is 0.659. The van der Waals surface area contributed by atoms with E-state index in [1.54, 1.807) is 0 Å². The third-order valence-corrected chi connectivity index (χ3v) is 2.81. The highest BCUT2D eigenvalue weighted by Crippen LogP contribution is 2.22. The minimum absolute atomic E-state index is 1.04. The second-order valence-electron chi connectivity index (χ2n) is 4.06.